The standard InChI is InChI=1S/C25H44N2O3/c1-2-3-4-5-6-7-8-9-10-11-12-13-14-15-16-17-24(29)26-20-21-27-22-23(28)18-19-25(27)30/h18-19H,2-17,20-22H2,1H3,(H,26,29). The van der Waals surface area contributed by atoms with Crippen LogP contribution in [0.1, 0.15) is 110 Å². The molecule has 1 N–H and O–H groups in total. The predicted molar refractivity (Wildman–Crippen MR) is 123 cm³/mol. The van der Waals surface area contributed by atoms with Gasteiger partial charge in [-0.1, -0.05) is 96.8 Å². The lowest BCUT2D eigenvalue weighted by Crippen LogP contribution is -2.42. The summed E-state index contributed by atoms with van der Waals surface area (Å²) in [6.45, 7) is 3.18. The van der Waals surface area contributed by atoms with Crippen LogP contribution >= 0.6 is 0 Å². The summed E-state index contributed by atoms with van der Waals surface area (Å²) in [5.74, 6) is -0.194. The van der Waals surface area contributed by atoms with Gasteiger partial charge in [-0.2, -0.15) is 0 Å². The van der Waals surface area contributed by atoms with Gasteiger partial charge in [0.25, 0.3) is 0 Å². The Morgan fingerprint density at radius 1 is 0.800 bits per heavy atom. The van der Waals surface area contributed by atoms with Crippen molar-refractivity contribution in [2.45, 2.75) is 110 Å². The summed E-state index contributed by atoms with van der Waals surface area (Å²) in [6, 6.07) is 0. The molecule has 1 heterocycles. The third kappa shape index (κ3) is 14.4. The zero-order chi connectivity index (χ0) is 21.9. The maximum Gasteiger partial charge on any atom is 0.247 e. The first-order valence-corrected chi connectivity index (χ1v) is 12.4. The zero-order valence-electron chi connectivity index (χ0n) is 19.3. The summed E-state index contributed by atoms with van der Waals surface area (Å²) >= 11 is 0. The molecule has 0 saturated heterocycles. The lowest BCUT2D eigenvalue weighted by atomic mass is 10.0. The van der Waals surface area contributed by atoms with E-state index in [-0.39, 0.29) is 24.1 Å². The van der Waals surface area contributed by atoms with Crippen LogP contribution in [-0.4, -0.2) is 42.1 Å². The average molecular weight is 421 g/mol. The summed E-state index contributed by atoms with van der Waals surface area (Å²) < 4.78 is 0. The molecule has 0 unspecified atom stereocenters. The second-order valence-electron chi connectivity index (χ2n) is 8.61. The molecule has 0 aromatic heterocycles. The number of unbranched alkanes of at least 4 members (excludes halogenated alkanes) is 14. The Morgan fingerprint density at radius 2 is 1.30 bits per heavy atom. The molecule has 172 valence electrons. The normalized spacial score (nSPS) is 13.8. The topological polar surface area (TPSA) is 66.5 Å². The van der Waals surface area contributed by atoms with Gasteiger partial charge in [-0.3, -0.25) is 14.4 Å². The summed E-state index contributed by atoms with van der Waals surface area (Å²) in [5, 5.41) is 2.85. The third-order valence-electron chi connectivity index (χ3n) is 5.78. The van der Waals surface area contributed by atoms with E-state index in [2.05, 4.69) is 12.2 Å². The molecule has 2 amide bonds. The molecule has 0 saturated carbocycles. The molecule has 0 aromatic carbocycles. The smallest absolute Gasteiger partial charge is 0.247 e. The van der Waals surface area contributed by atoms with E-state index < -0.39 is 0 Å². The lowest BCUT2D eigenvalue weighted by molar-refractivity contribution is -0.131. The highest BCUT2D eigenvalue weighted by Crippen LogP contribution is 2.13. The molecule has 0 atom stereocenters. The summed E-state index contributed by atoms with van der Waals surface area (Å²) in [6.07, 6.45) is 22.9. The number of carbonyl (C=O) groups excluding carboxylic acids is 3. The monoisotopic (exact) mass is 420 g/mol. The molecule has 0 spiro atoms. The van der Waals surface area contributed by atoms with Crippen LogP contribution < -0.4 is 5.32 Å². The highest BCUT2D eigenvalue weighted by atomic mass is 16.2. The van der Waals surface area contributed by atoms with Crippen LogP contribution in [0, 0.1) is 0 Å². The maximum absolute atomic E-state index is 11.9. The highest BCUT2D eigenvalue weighted by Gasteiger charge is 2.18. The molecule has 0 bridgehead atoms. The van der Waals surface area contributed by atoms with Crippen molar-refractivity contribution in [3.05, 3.63) is 12.2 Å². The Morgan fingerprint density at radius 3 is 1.83 bits per heavy atom. The molecule has 0 aliphatic carbocycles. The molecule has 5 nitrogen and oxygen atoms in total. The van der Waals surface area contributed by atoms with Crippen molar-refractivity contribution in [1.29, 1.82) is 0 Å². The maximum atomic E-state index is 11.9. The minimum atomic E-state index is -0.161. The third-order valence-corrected chi connectivity index (χ3v) is 5.78. The Balaban J connectivity index is 1.81. The average Bonchev–Trinajstić information content (AvgIpc) is 2.73. The Hall–Kier alpha value is -1.65. The van der Waals surface area contributed by atoms with Crippen molar-refractivity contribution >= 4 is 17.6 Å². The van der Waals surface area contributed by atoms with Gasteiger partial charge in [-0.15, -0.1) is 0 Å². The van der Waals surface area contributed by atoms with E-state index in [9.17, 15) is 14.4 Å². The van der Waals surface area contributed by atoms with Crippen molar-refractivity contribution in [2.24, 2.45) is 0 Å². The van der Waals surface area contributed by atoms with Gasteiger partial charge < -0.3 is 10.2 Å². The molecule has 0 radical (unpaired) electrons. The summed E-state index contributed by atoms with van der Waals surface area (Å²) in [4.78, 5) is 36.3. The molecule has 1 aliphatic rings. The van der Waals surface area contributed by atoms with Gasteiger partial charge in [0, 0.05) is 25.6 Å². The molecule has 0 fully saturated rings. The molecular weight excluding hydrogens is 376 g/mol. The first kappa shape index (κ1) is 26.4. The number of nitrogens with one attached hydrogen (secondary N) is 1. The second kappa shape index (κ2) is 18.1. The van der Waals surface area contributed by atoms with Crippen molar-refractivity contribution < 1.29 is 14.4 Å². The number of hydrogen-bond donors (Lipinski definition) is 1. The number of amides is 2. The Kier molecular flexibility index (Phi) is 16.0. The first-order chi connectivity index (χ1) is 14.6. The Labute approximate surface area is 184 Å². The van der Waals surface area contributed by atoms with Gasteiger partial charge in [0.2, 0.25) is 11.8 Å². The number of rotatable bonds is 19. The number of hydrogen-bond acceptors (Lipinski definition) is 3. The quantitative estimate of drug-likeness (QED) is 0.287. The van der Waals surface area contributed by atoms with Crippen molar-refractivity contribution in [2.75, 3.05) is 19.6 Å². The Bertz CT molecular complexity index is 517. The molecule has 1 aliphatic heterocycles. The van der Waals surface area contributed by atoms with Crippen LogP contribution in [0.2, 0.25) is 0 Å². The largest absolute Gasteiger partial charge is 0.354 e. The van der Waals surface area contributed by atoms with E-state index in [0.29, 0.717) is 19.5 Å². The highest BCUT2D eigenvalue weighted by molar-refractivity contribution is 6.04. The molecule has 5 heteroatoms. The van der Waals surface area contributed by atoms with Gasteiger partial charge in [-0.05, 0) is 12.5 Å². The fraction of sp³-hybridized carbons (Fsp3) is 0.800. The van der Waals surface area contributed by atoms with Crippen molar-refractivity contribution in [3.8, 4) is 0 Å². The molecule has 30 heavy (non-hydrogen) atoms. The summed E-state index contributed by atoms with van der Waals surface area (Å²) in [7, 11) is 0. The van der Waals surface area contributed by atoms with E-state index in [1.807, 2.05) is 0 Å². The molecular formula is C25H44N2O3. The fourth-order valence-corrected chi connectivity index (χ4v) is 3.85. The minimum absolute atomic E-state index is 0.0380. The van der Waals surface area contributed by atoms with Gasteiger partial charge in [-0.25, -0.2) is 0 Å². The number of nitrogens with zero attached hydrogens (tertiary/aromatic N) is 1. The number of carbonyl (C=O) groups is 3. The van der Waals surface area contributed by atoms with E-state index in [4.69, 9.17) is 0 Å². The van der Waals surface area contributed by atoms with Crippen LogP contribution in [0.25, 0.3) is 0 Å². The van der Waals surface area contributed by atoms with Gasteiger partial charge in [0.1, 0.15) is 0 Å². The van der Waals surface area contributed by atoms with Crippen LogP contribution in [-0.2, 0) is 14.4 Å². The lowest BCUT2D eigenvalue weighted by Gasteiger charge is -2.22. The van der Waals surface area contributed by atoms with Gasteiger partial charge >= 0.3 is 0 Å². The summed E-state index contributed by atoms with van der Waals surface area (Å²) in [5.41, 5.74) is 0. The second-order valence-corrected chi connectivity index (χ2v) is 8.61. The first-order valence-electron chi connectivity index (χ1n) is 12.4. The van der Waals surface area contributed by atoms with Crippen LogP contribution in [0.5, 0.6) is 0 Å². The van der Waals surface area contributed by atoms with E-state index in [1.165, 1.54) is 101 Å². The van der Waals surface area contributed by atoms with E-state index in [0.717, 1.165) is 12.8 Å². The molecule has 1 rings (SSSR count). The number of ketones is 1. The van der Waals surface area contributed by atoms with Crippen LogP contribution in [0.15, 0.2) is 12.2 Å². The van der Waals surface area contributed by atoms with Crippen molar-refractivity contribution in [1.82, 2.24) is 10.2 Å². The van der Waals surface area contributed by atoms with Gasteiger partial charge in [0.05, 0.1) is 6.54 Å². The van der Waals surface area contributed by atoms with Crippen molar-refractivity contribution in [3.63, 3.8) is 0 Å². The minimum Gasteiger partial charge on any atom is -0.354 e. The zero-order valence-corrected chi connectivity index (χ0v) is 19.3. The van der Waals surface area contributed by atoms with Crippen LogP contribution in [0.4, 0.5) is 0 Å². The molecule has 0 aromatic rings. The van der Waals surface area contributed by atoms with E-state index >= 15 is 0 Å². The van der Waals surface area contributed by atoms with Crippen LogP contribution in [0.3, 0.4) is 0 Å². The predicted octanol–water partition coefficient (Wildman–Crippen LogP) is 5.33. The van der Waals surface area contributed by atoms with E-state index in [1.54, 1.807) is 0 Å². The van der Waals surface area contributed by atoms with Gasteiger partial charge in [0.15, 0.2) is 5.78 Å². The fourth-order valence-electron chi connectivity index (χ4n) is 3.85. The SMILES string of the molecule is CCCCCCCCCCCCCCCCCC(=O)NCCN1CC(=O)C=CC1=O.